The first-order valence-electron chi connectivity index (χ1n) is 7.02. The largest absolute Gasteiger partial charge is 0.374 e. The lowest BCUT2D eigenvalue weighted by molar-refractivity contribution is -0.137. The summed E-state index contributed by atoms with van der Waals surface area (Å²) in [6.07, 6.45) is 1.86. The van der Waals surface area contributed by atoms with E-state index in [9.17, 15) is 4.79 Å². The lowest BCUT2D eigenvalue weighted by atomic mass is 9.99. The van der Waals surface area contributed by atoms with E-state index < -0.39 is 5.54 Å². The van der Waals surface area contributed by atoms with Gasteiger partial charge in [-0.2, -0.15) is 0 Å². The van der Waals surface area contributed by atoms with Crippen molar-refractivity contribution >= 4 is 5.91 Å². The Labute approximate surface area is 111 Å². The number of rotatable bonds is 6. The van der Waals surface area contributed by atoms with Crippen LogP contribution in [0.4, 0.5) is 0 Å². The van der Waals surface area contributed by atoms with Gasteiger partial charge >= 0.3 is 0 Å². The van der Waals surface area contributed by atoms with Crippen LogP contribution in [0.25, 0.3) is 0 Å². The van der Waals surface area contributed by atoms with Crippen molar-refractivity contribution in [1.29, 1.82) is 0 Å². The molecule has 1 heterocycles. The zero-order chi connectivity index (χ0) is 14.0. The van der Waals surface area contributed by atoms with Crippen molar-refractivity contribution in [1.82, 2.24) is 10.2 Å². The minimum Gasteiger partial charge on any atom is -0.374 e. The highest BCUT2D eigenvalue weighted by molar-refractivity contribution is 5.88. The second-order valence-corrected chi connectivity index (χ2v) is 5.88. The van der Waals surface area contributed by atoms with Crippen LogP contribution in [0, 0.1) is 0 Å². The van der Waals surface area contributed by atoms with Crippen LogP contribution in [0.5, 0.6) is 0 Å². The maximum absolute atomic E-state index is 12.5. The van der Waals surface area contributed by atoms with Crippen molar-refractivity contribution in [3.05, 3.63) is 0 Å². The molecule has 1 N–H and O–H groups in total. The Bertz CT molecular complexity index is 304. The van der Waals surface area contributed by atoms with Crippen LogP contribution in [0.15, 0.2) is 0 Å². The molecule has 2 unspecified atom stereocenters. The highest BCUT2D eigenvalue weighted by Gasteiger charge is 2.47. The normalized spacial score (nSPS) is 29.1. The fourth-order valence-corrected chi connectivity index (χ4v) is 2.57. The van der Waals surface area contributed by atoms with E-state index in [0.29, 0.717) is 13.2 Å². The topological polar surface area (TPSA) is 41.6 Å². The molecule has 1 fully saturated rings. The van der Waals surface area contributed by atoms with E-state index in [-0.39, 0.29) is 17.7 Å². The summed E-state index contributed by atoms with van der Waals surface area (Å²) in [4.78, 5) is 14.5. The van der Waals surface area contributed by atoms with Crippen LogP contribution in [-0.2, 0) is 9.53 Å². The van der Waals surface area contributed by atoms with Crippen LogP contribution in [0.1, 0.15) is 54.4 Å². The van der Waals surface area contributed by atoms with Gasteiger partial charge in [-0.05, 0) is 40.5 Å². The minimum atomic E-state index is -0.414. The monoisotopic (exact) mass is 256 g/mol. The maximum atomic E-state index is 12.5. The first-order valence-corrected chi connectivity index (χ1v) is 7.02. The molecule has 1 rings (SSSR count). The molecule has 106 valence electrons. The summed E-state index contributed by atoms with van der Waals surface area (Å²) in [6.45, 7) is 13.5. The smallest absolute Gasteiger partial charge is 0.243 e. The number of amides is 1. The Morgan fingerprint density at radius 3 is 2.44 bits per heavy atom. The quantitative estimate of drug-likeness (QED) is 0.791. The summed E-state index contributed by atoms with van der Waals surface area (Å²) >= 11 is 0. The number of nitrogens with zero attached hydrogens (tertiary/aromatic N) is 1. The Hall–Kier alpha value is -0.610. The molecular weight excluding hydrogens is 228 g/mol. The molecule has 0 aromatic rings. The number of carbonyl (C=O) groups excluding carboxylic acids is 1. The number of nitrogens with one attached hydrogen (secondary N) is 1. The second kappa shape index (κ2) is 5.57. The third kappa shape index (κ3) is 3.04. The third-order valence-electron chi connectivity index (χ3n) is 3.77. The van der Waals surface area contributed by atoms with Gasteiger partial charge < -0.3 is 9.64 Å². The molecule has 1 saturated heterocycles. The summed E-state index contributed by atoms with van der Waals surface area (Å²) in [7, 11) is 0. The average Bonchev–Trinajstić information content (AvgIpc) is 2.54. The molecule has 0 spiro atoms. The Kier molecular flexibility index (Phi) is 4.78. The van der Waals surface area contributed by atoms with Gasteiger partial charge in [0, 0.05) is 6.61 Å². The molecule has 4 nitrogen and oxygen atoms in total. The van der Waals surface area contributed by atoms with Crippen molar-refractivity contribution in [2.45, 2.75) is 71.7 Å². The fourth-order valence-electron chi connectivity index (χ4n) is 2.57. The molecule has 1 aliphatic rings. The van der Waals surface area contributed by atoms with E-state index in [1.807, 2.05) is 32.6 Å². The number of hydrogen-bond donors (Lipinski definition) is 1. The SMILES string of the molecule is CCOC(C)(C)CN1C(=O)C(C)(CC)NC1CC. The molecule has 18 heavy (non-hydrogen) atoms. The van der Waals surface area contributed by atoms with E-state index in [1.54, 1.807) is 0 Å². The van der Waals surface area contributed by atoms with Gasteiger partial charge in [0.15, 0.2) is 0 Å². The van der Waals surface area contributed by atoms with Crippen LogP contribution >= 0.6 is 0 Å². The van der Waals surface area contributed by atoms with Gasteiger partial charge in [-0.1, -0.05) is 13.8 Å². The highest BCUT2D eigenvalue weighted by atomic mass is 16.5. The average molecular weight is 256 g/mol. The summed E-state index contributed by atoms with van der Waals surface area (Å²) in [5, 5.41) is 3.45. The Morgan fingerprint density at radius 2 is 2.00 bits per heavy atom. The maximum Gasteiger partial charge on any atom is 0.243 e. The number of hydrogen-bond acceptors (Lipinski definition) is 3. The van der Waals surface area contributed by atoms with Gasteiger partial charge in [-0.3, -0.25) is 10.1 Å². The standard InChI is InChI=1S/C14H28N2O2/c1-7-11-15-14(6,8-2)12(17)16(11)10-13(4,5)18-9-3/h11,15H,7-10H2,1-6H3. The first kappa shape index (κ1) is 15.4. The molecule has 2 atom stereocenters. The van der Waals surface area contributed by atoms with E-state index >= 15 is 0 Å². The van der Waals surface area contributed by atoms with Gasteiger partial charge in [0.05, 0.1) is 23.9 Å². The van der Waals surface area contributed by atoms with Crippen LogP contribution in [0.2, 0.25) is 0 Å². The zero-order valence-electron chi connectivity index (χ0n) is 12.7. The number of ether oxygens (including phenoxy) is 1. The minimum absolute atomic E-state index is 0.127. The van der Waals surface area contributed by atoms with E-state index in [4.69, 9.17) is 4.74 Å². The molecule has 0 bridgehead atoms. The van der Waals surface area contributed by atoms with Crippen LogP contribution < -0.4 is 5.32 Å². The second-order valence-electron chi connectivity index (χ2n) is 5.88. The van der Waals surface area contributed by atoms with Gasteiger partial charge in [0.25, 0.3) is 0 Å². The Balaban J connectivity index is 2.83. The molecule has 0 saturated carbocycles. The van der Waals surface area contributed by atoms with Crippen molar-refractivity contribution in [2.75, 3.05) is 13.2 Å². The molecular formula is C14H28N2O2. The lowest BCUT2D eigenvalue weighted by Crippen LogP contribution is -2.47. The molecule has 0 radical (unpaired) electrons. The van der Waals surface area contributed by atoms with Crippen molar-refractivity contribution in [3.8, 4) is 0 Å². The molecule has 1 amide bonds. The van der Waals surface area contributed by atoms with Crippen molar-refractivity contribution in [2.24, 2.45) is 0 Å². The molecule has 0 aromatic heterocycles. The Morgan fingerprint density at radius 1 is 1.39 bits per heavy atom. The molecule has 0 aliphatic carbocycles. The summed E-state index contributed by atoms with van der Waals surface area (Å²) < 4.78 is 5.71. The van der Waals surface area contributed by atoms with Gasteiger partial charge in [0.2, 0.25) is 5.91 Å². The molecule has 0 aromatic carbocycles. The van der Waals surface area contributed by atoms with E-state index in [1.165, 1.54) is 0 Å². The van der Waals surface area contributed by atoms with Gasteiger partial charge in [0.1, 0.15) is 0 Å². The van der Waals surface area contributed by atoms with E-state index in [2.05, 4.69) is 19.2 Å². The predicted octanol–water partition coefficient (Wildman–Crippen LogP) is 2.14. The van der Waals surface area contributed by atoms with E-state index in [0.717, 1.165) is 12.8 Å². The summed E-state index contributed by atoms with van der Waals surface area (Å²) in [5.41, 5.74) is -0.707. The van der Waals surface area contributed by atoms with Crippen LogP contribution in [-0.4, -0.2) is 41.3 Å². The molecule has 4 heteroatoms. The zero-order valence-corrected chi connectivity index (χ0v) is 12.7. The number of carbonyl (C=O) groups is 1. The van der Waals surface area contributed by atoms with Crippen molar-refractivity contribution < 1.29 is 9.53 Å². The first-order chi connectivity index (χ1) is 8.29. The summed E-state index contributed by atoms with van der Waals surface area (Å²) in [6, 6.07) is 0. The highest BCUT2D eigenvalue weighted by Crippen LogP contribution is 2.27. The predicted molar refractivity (Wildman–Crippen MR) is 73.3 cm³/mol. The summed E-state index contributed by atoms with van der Waals surface area (Å²) in [5.74, 6) is 0.199. The van der Waals surface area contributed by atoms with Gasteiger partial charge in [-0.15, -0.1) is 0 Å². The third-order valence-corrected chi connectivity index (χ3v) is 3.77. The molecule has 1 aliphatic heterocycles. The van der Waals surface area contributed by atoms with Crippen LogP contribution in [0.3, 0.4) is 0 Å². The fraction of sp³-hybridized carbons (Fsp3) is 0.929. The van der Waals surface area contributed by atoms with Crippen molar-refractivity contribution in [3.63, 3.8) is 0 Å². The van der Waals surface area contributed by atoms with Gasteiger partial charge in [-0.25, -0.2) is 0 Å². The lowest BCUT2D eigenvalue weighted by Gasteiger charge is -2.33.